The third-order valence-electron chi connectivity index (χ3n) is 2.47. The lowest BCUT2D eigenvalue weighted by molar-refractivity contribution is 0.0235. The first-order chi connectivity index (χ1) is 8.75. The molecule has 0 bridgehead atoms. The quantitative estimate of drug-likeness (QED) is 0.643. The molecular formula is C14H14ClNO2. The van der Waals surface area contributed by atoms with Gasteiger partial charge in [-0.1, -0.05) is 48.0 Å². The van der Waals surface area contributed by atoms with E-state index in [4.69, 9.17) is 16.4 Å². The maximum Gasteiger partial charge on any atom is 0.134 e. The molecule has 0 saturated carbocycles. The van der Waals surface area contributed by atoms with Crippen LogP contribution in [0.25, 0.3) is 0 Å². The van der Waals surface area contributed by atoms with Gasteiger partial charge in [-0.15, -0.1) is 0 Å². The van der Waals surface area contributed by atoms with Crippen LogP contribution >= 0.6 is 11.6 Å². The number of aromatic hydroxyl groups is 1. The van der Waals surface area contributed by atoms with Gasteiger partial charge in [0.15, 0.2) is 0 Å². The molecule has 0 atom stereocenters. The van der Waals surface area contributed by atoms with Crippen molar-refractivity contribution in [2.24, 2.45) is 0 Å². The zero-order valence-corrected chi connectivity index (χ0v) is 10.5. The van der Waals surface area contributed by atoms with Crippen molar-refractivity contribution >= 4 is 11.6 Å². The Hall–Kier alpha value is -1.55. The van der Waals surface area contributed by atoms with Crippen molar-refractivity contribution in [2.45, 2.75) is 13.2 Å². The highest BCUT2D eigenvalue weighted by molar-refractivity contribution is 6.32. The Morgan fingerprint density at radius 1 is 1.06 bits per heavy atom. The second kappa shape index (κ2) is 6.40. The summed E-state index contributed by atoms with van der Waals surface area (Å²) < 4.78 is 0. The maximum absolute atomic E-state index is 9.28. The van der Waals surface area contributed by atoms with Gasteiger partial charge in [0.1, 0.15) is 5.75 Å². The SMILES string of the molecule is Oc1ccc(CNOCc2ccccc2)cc1Cl. The molecule has 0 fully saturated rings. The highest BCUT2D eigenvalue weighted by Gasteiger charge is 1.99. The van der Waals surface area contributed by atoms with Crippen molar-refractivity contribution < 1.29 is 9.94 Å². The molecule has 0 aromatic heterocycles. The Balaban J connectivity index is 1.77. The molecule has 3 nitrogen and oxygen atoms in total. The van der Waals surface area contributed by atoms with Gasteiger partial charge in [-0.05, 0) is 23.3 Å². The van der Waals surface area contributed by atoms with E-state index in [1.54, 1.807) is 18.2 Å². The average Bonchev–Trinajstić information content (AvgIpc) is 2.40. The Labute approximate surface area is 111 Å². The summed E-state index contributed by atoms with van der Waals surface area (Å²) >= 11 is 5.80. The monoisotopic (exact) mass is 263 g/mol. The lowest BCUT2D eigenvalue weighted by Gasteiger charge is -2.07. The van der Waals surface area contributed by atoms with Crippen LogP contribution in [0.3, 0.4) is 0 Å². The lowest BCUT2D eigenvalue weighted by Crippen LogP contribution is -2.13. The molecule has 0 aliphatic rings. The molecule has 2 aromatic rings. The topological polar surface area (TPSA) is 41.5 Å². The van der Waals surface area contributed by atoms with Gasteiger partial charge in [0, 0.05) is 6.54 Å². The molecule has 2 rings (SSSR count). The van der Waals surface area contributed by atoms with Crippen molar-refractivity contribution in [3.8, 4) is 5.75 Å². The van der Waals surface area contributed by atoms with Gasteiger partial charge in [-0.3, -0.25) is 4.84 Å². The van der Waals surface area contributed by atoms with Crippen LogP contribution in [0.15, 0.2) is 48.5 Å². The molecule has 0 saturated heterocycles. The molecule has 0 spiro atoms. The van der Waals surface area contributed by atoms with Crippen LogP contribution in [0.2, 0.25) is 5.02 Å². The van der Waals surface area contributed by atoms with Gasteiger partial charge in [0.05, 0.1) is 11.6 Å². The summed E-state index contributed by atoms with van der Waals surface area (Å²) in [5.74, 6) is 0.0885. The van der Waals surface area contributed by atoms with Gasteiger partial charge in [-0.2, -0.15) is 5.48 Å². The molecule has 0 heterocycles. The van der Waals surface area contributed by atoms with Crippen LogP contribution in [-0.2, 0) is 18.0 Å². The van der Waals surface area contributed by atoms with Gasteiger partial charge in [-0.25, -0.2) is 0 Å². The minimum atomic E-state index is 0.0885. The maximum atomic E-state index is 9.28. The summed E-state index contributed by atoms with van der Waals surface area (Å²) in [6.45, 7) is 1.04. The Kier molecular flexibility index (Phi) is 4.59. The second-order valence-corrected chi connectivity index (χ2v) is 4.29. The predicted molar refractivity (Wildman–Crippen MR) is 71.2 cm³/mol. The number of hydrogen-bond donors (Lipinski definition) is 2. The van der Waals surface area contributed by atoms with E-state index in [9.17, 15) is 5.11 Å². The molecular weight excluding hydrogens is 250 g/mol. The Morgan fingerprint density at radius 2 is 1.83 bits per heavy atom. The first-order valence-corrected chi connectivity index (χ1v) is 5.99. The van der Waals surface area contributed by atoms with Gasteiger partial charge in [0.25, 0.3) is 0 Å². The van der Waals surface area contributed by atoms with Crippen LogP contribution in [0.5, 0.6) is 5.75 Å². The first-order valence-electron chi connectivity index (χ1n) is 5.61. The van der Waals surface area contributed by atoms with Crippen molar-refractivity contribution in [2.75, 3.05) is 0 Å². The summed E-state index contributed by atoms with van der Waals surface area (Å²) in [4.78, 5) is 5.34. The van der Waals surface area contributed by atoms with Crippen molar-refractivity contribution in [3.05, 3.63) is 64.7 Å². The molecule has 0 unspecified atom stereocenters. The number of halogens is 1. The smallest absolute Gasteiger partial charge is 0.134 e. The van der Waals surface area contributed by atoms with E-state index in [0.29, 0.717) is 18.2 Å². The fraction of sp³-hybridized carbons (Fsp3) is 0.143. The molecule has 2 aromatic carbocycles. The summed E-state index contributed by atoms with van der Waals surface area (Å²) in [5.41, 5.74) is 4.91. The molecule has 0 amide bonds. The van der Waals surface area contributed by atoms with Crippen LogP contribution in [-0.4, -0.2) is 5.11 Å². The van der Waals surface area contributed by atoms with Crippen LogP contribution in [0.1, 0.15) is 11.1 Å². The Bertz CT molecular complexity index is 502. The van der Waals surface area contributed by atoms with E-state index in [1.807, 2.05) is 30.3 Å². The van der Waals surface area contributed by atoms with E-state index in [2.05, 4.69) is 5.48 Å². The van der Waals surface area contributed by atoms with Crippen molar-refractivity contribution in [1.82, 2.24) is 5.48 Å². The minimum Gasteiger partial charge on any atom is -0.506 e. The van der Waals surface area contributed by atoms with E-state index in [-0.39, 0.29) is 5.75 Å². The zero-order chi connectivity index (χ0) is 12.8. The second-order valence-electron chi connectivity index (χ2n) is 3.88. The summed E-state index contributed by atoms with van der Waals surface area (Å²) in [7, 11) is 0. The minimum absolute atomic E-state index is 0.0885. The zero-order valence-electron chi connectivity index (χ0n) is 9.77. The number of nitrogens with one attached hydrogen (secondary N) is 1. The van der Waals surface area contributed by atoms with Gasteiger partial charge >= 0.3 is 0 Å². The molecule has 0 radical (unpaired) electrons. The molecule has 94 valence electrons. The van der Waals surface area contributed by atoms with Crippen molar-refractivity contribution in [3.63, 3.8) is 0 Å². The van der Waals surface area contributed by atoms with Crippen LogP contribution < -0.4 is 5.48 Å². The molecule has 2 N–H and O–H groups in total. The summed E-state index contributed by atoms with van der Waals surface area (Å²) in [6.07, 6.45) is 0. The van der Waals surface area contributed by atoms with E-state index in [0.717, 1.165) is 11.1 Å². The third kappa shape index (κ3) is 3.74. The number of benzene rings is 2. The summed E-state index contributed by atoms with van der Waals surface area (Å²) in [6, 6.07) is 15.0. The fourth-order valence-electron chi connectivity index (χ4n) is 1.50. The van der Waals surface area contributed by atoms with Gasteiger partial charge in [0.2, 0.25) is 0 Å². The molecule has 0 aliphatic heterocycles. The van der Waals surface area contributed by atoms with Crippen LogP contribution in [0.4, 0.5) is 0 Å². The van der Waals surface area contributed by atoms with Crippen LogP contribution in [0, 0.1) is 0 Å². The Morgan fingerprint density at radius 3 is 2.56 bits per heavy atom. The molecule has 4 heteroatoms. The average molecular weight is 264 g/mol. The van der Waals surface area contributed by atoms with E-state index in [1.165, 1.54) is 0 Å². The number of phenolic OH excluding ortho intramolecular Hbond substituents is 1. The van der Waals surface area contributed by atoms with Crippen molar-refractivity contribution in [1.29, 1.82) is 0 Å². The normalized spacial score (nSPS) is 10.5. The number of rotatable bonds is 5. The lowest BCUT2D eigenvalue weighted by atomic mass is 10.2. The fourth-order valence-corrected chi connectivity index (χ4v) is 1.71. The largest absolute Gasteiger partial charge is 0.506 e. The summed E-state index contributed by atoms with van der Waals surface area (Å²) in [5, 5.41) is 9.63. The highest BCUT2D eigenvalue weighted by Crippen LogP contribution is 2.23. The third-order valence-corrected chi connectivity index (χ3v) is 2.77. The number of hydroxylamine groups is 1. The molecule has 0 aliphatic carbocycles. The molecule has 18 heavy (non-hydrogen) atoms. The number of phenols is 1. The standard InChI is InChI=1S/C14H14ClNO2/c15-13-8-12(6-7-14(13)17)9-16-18-10-11-4-2-1-3-5-11/h1-8,16-17H,9-10H2. The number of hydrogen-bond acceptors (Lipinski definition) is 3. The van der Waals surface area contributed by atoms with Gasteiger partial charge < -0.3 is 5.11 Å². The van der Waals surface area contributed by atoms with E-state index >= 15 is 0 Å². The highest BCUT2D eigenvalue weighted by atomic mass is 35.5. The first kappa shape index (κ1) is 12.9. The predicted octanol–water partition coefficient (Wildman–Crippen LogP) is 3.27. The van der Waals surface area contributed by atoms with E-state index < -0.39 is 0 Å².